The van der Waals surface area contributed by atoms with Gasteiger partial charge < -0.3 is 9.84 Å². The molecule has 240 valence electrons. The van der Waals surface area contributed by atoms with Gasteiger partial charge in [-0.1, -0.05) is 0 Å². The monoisotopic (exact) mass is 613 g/mol. The normalized spacial score (nSPS) is 26.2. The van der Waals surface area contributed by atoms with Crippen molar-refractivity contribution in [3.8, 4) is 17.0 Å². The van der Waals surface area contributed by atoms with Crippen molar-refractivity contribution in [1.29, 1.82) is 0 Å². The number of aryl methyl sites for hydroxylation is 1. The van der Waals surface area contributed by atoms with Crippen molar-refractivity contribution in [3.63, 3.8) is 0 Å². The zero-order chi connectivity index (χ0) is 31.8. The molecule has 1 N–H and O–H groups in total. The number of fused-ring (bicyclic) bond motifs is 3. The molecule has 9 nitrogen and oxygen atoms in total. The van der Waals surface area contributed by atoms with Gasteiger partial charge in [0, 0.05) is 54.6 Å². The standard InChI is InChI=1S/C36H47N5O4/c1-24(2)41-22-29(20-39-41)28-9-16-37-31(19-28)40(34(44)27-7-5-26(6-8-27)18-32(42)43)23-35-10-13-36(14-11-35,15-12-35)30-17-25(3)33(45-4)38-21-30/h9,16-17,19-22,24,26-27H,5-8,10-15,18,23H2,1-4H3,(H,42,43). The number of rotatable bonds is 10. The lowest BCUT2D eigenvalue weighted by Crippen LogP contribution is -2.52. The minimum Gasteiger partial charge on any atom is -0.481 e. The van der Waals surface area contributed by atoms with E-state index in [1.165, 1.54) is 5.56 Å². The third-order valence-electron chi connectivity index (χ3n) is 11.1. The number of hydrogen-bond donors (Lipinski definition) is 1. The number of nitrogens with zero attached hydrogens (tertiary/aromatic N) is 5. The summed E-state index contributed by atoms with van der Waals surface area (Å²) in [6, 6.07) is 6.56. The summed E-state index contributed by atoms with van der Waals surface area (Å²) in [7, 11) is 1.67. The summed E-state index contributed by atoms with van der Waals surface area (Å²) in [4.78, 5) is 37.1. The Kier molecular flexibility index (Phi) is 8.72. The Bertz CT molecular complexity index is 1520. The third kappa shape index (κ3) is 6.36. The van der Waals surface area contributed by atoms with E-state index in [9.17, 15) is 14.7 Å². The third-order valence-corrected chi connectivity index (χ3v) is 11.1. The van der Waals surface area contributed by atoms with E-state index in [1.807, 2.05) is 40.3 Å². The van der Waals surface area contributed by atoms with E-state index in [2.05, 4.69) is 43.1 Å². The summed E-state index contributed by atoms with van der Waals surface area (Å²) < 4.78 is 7.37. The molecule has 0 unspecified atom stereocenters. The maximum absolute atomic E-state index is 14.4. The predicted molar refractivity (Wildman–Crippen MR) is 173 cm³/mol. The number of aromatic nitrogens is 4. The number of ether oxygens (including phenoxy) is 1. The van der Waals surface area contributed by atoms with Crippen molar-refractivity contribution in [1.82, 2.24) is 19.7 Å². The molecule has 4 fully saturated rings. The maximum atomic E-state index is 14.4. The molecule has 3 aromatic heterocycles. The molecule has 2 bridgehead atoms. The van der Waals surface area contributed by atoms with Crippen LogP contribution in [0.2, 0.25) is 0 Å². The molecule has 4 aliphatic rings. The fraction of sp³-hybridized carbons (Fsp3) is 0.583. The van der Waals surface area contributed by atoms with E-state index in [1.54, 1.807) is 7.11 Å². The summed E-state index contributed by atoms with van der Waals surface area (Å²) in [5, 5.41) is 13.8. The Morgan fingerprint density at radius 2 is 1.73 bits per heavy atom. The van der Waals surface area contributed by atoms with Crippen LogP contribution in [-0.2, 0) is 15.0 Å². The zero-order valence-corrected chi connectivity index (χ0v) is 27.2. The van der Waals surface area contributed by atoms with Gasteiger partial charge in [-0.25, -0.2) is 9.97 Å². The lowest BCUT2D eigenvalue weighted by molar-refractivity contribution is -0.138. The molecule has 0 atom stereocenters. The smallest absolute Gasteiger partial charge is 0.303 e. The van der Waals surface area contributed by atoms with Crippen molar-refractivity contribution < 1.29 is 19.4 Å². The Labute approximate surface area is 266 Å². The molecule has 0 spiro atoms. The number of carbonyl (C=O) groups is 2. The van der Waals surface area contributed by atoms with Gasteiger partial charge in [0.2, 0.25) is 11.8 Å². The number of methoxy groups -OCH3 is 1. The Hall–Kier alpha value is -3.75. The van der Waals surface area contributed by atoms with Crippen molar-refractivity contribution in [3.05, 3.63) is 54.1 Å². The average Bonchev–Trinajstić information content (AvgIpc) is 3.56. The van der Waals surface area contributed by atoms with Gasteiger partial charge in [-0.3, -0.25) is 19.2 Å². The zero-order valence-electron chi connectivity index (χ0n) is 27.2. The minimum absolute atomic E-state index is 0.0487. The maximum Gasteiger partial charge on any atom is 0.303 e. The minimum atomic E-state index is -0.751. The van der Waals surface area contributed by atoms with Gasteiger partial charge in [0.1, 0.15) is 5.82 Å². The van der Waals surface area contributed by atoms with Crippen LogP contribution in [0.4, 0.5) is 5.82 Å². The quantitative estimate of drug-likeness (QED) is 0.259. The molecule has 9 heteroatoms. The first-order valence-corrected chi connectivity index (χ1v) is 16.7. The van der Waals surface area contributed by atoms with Gasteiger partial charge >= 0.3 is 5.97 Å². The van der Waals surface area contributed by atoms with Gasteiger partial charge in [0.05, 0.1) is 13.3 Å². The van der Waals surface area contributed by atoms with E-state index in [0.717, 1.165) is 80.9 Å². The number of carboxylic acids is 1. The van der Waals surface area contributed by atoms with E-state index < -0.39 is 5.97 Å². The molecule has 4 saturated carbocycles. The topological polar surface area (TPSA) is 110 Å². The van der Waals surface area contributed by atoms with Crippen LogP contribution >= 0.6 is 0 Å². The number of pyridine rings is 2. The van der Waals surface area contributed by atoms with Gasteiger partial charge in [-0.05, 0) is 131 Å². The Morgan fingerprint density at radius 1 is 1.02 bits per heavy atom. The first kappa shape index (κ1) is 31.2. The second-order valence-corrected chi connectivity index (χ2v) is 14.3. The first-order chi connectivity index (χ1) is 21.6. The number of amides is 1. The van der Waals surface area contributed by atoms with Crippen LogP contribution in [0.15, 0.2) is 43.0 Å². The molecule has 0 aliphatic heterocycles. The Balaban J connectivity index is 1.25. The highest BCUT2D eigenvalue weighted by atomic mass is 16.5. The summed E-state index contributed by atoms with van der Waals surface area (Å²) in [6.45, 7) is 6.94. The van der Waals surface area contributed by atoms with E-state index in [0.29, 0.717) is 18.2 Å². The highest BCUT2D eigenvalue weighted by molar-refractivity contribution is 5.95. The molecule has 0 saturated heterocycles. The molecule has 0 aromatic carbocycles. The van der Waals surface area contributed by atoms with Crippen LogP contribution in [0.1, 0.15) is 102 Å². The molecule has 7 rings (SSSR count). The highest BCUT2D eigenvalue weighted by Crippen LogP contribution is 2.58. The van der Waals surface area contributed by atoms with Gasteiger partial charge in [0.25, 0.3) is 0 Å². The molecule has 3 heterocycles. The first-order valence-electron chi connectivity index (χ1n) is 16.7. The molecule has 45 heavy (non-hydrogen) atoms. The summed E-state index contributed by atoms with van der Waals surface area (Å²) >= 11 is 0. The fourth-order valence-corrected chi connectivity index (χ4v) is 8.20. The number of hydrogen-bond acceptors (Lipinski definition) is 6. The number of carboxylic acid groups (broad SMARTS) is 1. The van der Waals surface area contributed by atoms with Crippen molar-refractivity contribution in [2.75, 3.05) is 18.6 Å². The van der Waals surface area contributed by atoms with Crippen molar-refractivity contribution >= 4 is 17.7 Å². The number of aliphatic carboxylic acids is 1. The van der Waals surface area contributed by atoms with Crippen LogP contribution in [-0.4, -0.2) is 50.4 Å². The van der Waals surface area contributed by atoms with E-state index in [-0.39, 0.29) is 41.0 Å². The second-order valence-electron chi connectivity index (χ2n) is 14.3. The SMILES string of the molecule is COc1ncc(C23CCC(CN(C(=O)C4CCC(CC(=O)O)CC4)c4cc(-c5cnn(C(C)C)c5)ccn4)(CC2)CC3)cc1C. The van der Waals surface area contributed by atoms with Crippen molar-refractivity contribution in [2.45, 2.75) is 103 Å². The fourth-order valence-electron chi connectivity index (χ4n) is 8.20. The molecule has 1 amide bonds. The lowest BCUT2D eigenvalue weighted by atomic mass is 9.52. The lowest BCUT2D eigenvalue weighted by Gasteiger charge is -2.55. The molecule has 4 aliphatic carbocycles. The van der Waals surface area contributed by atoms with Crippen molar-refractivity contribution in [2.24, 2.45) is 17.3 Å². The summed E-state index contributed by atoms with van der Waals surface area (Å²) in [5.41, 5.74) is 4.59. The van der Waals surface area contributed by atoms with Crippen LogP contribution in [0.3, 0.4) is 0 Å². The number of carbonyl (C=O) groups excluding carboxylic acids is 1. The highest BCUT2D eigenvalue weighted by Gasteiger charge is 2.51. The number of anilines is 1. The molecule has 0 radical (unpaired) electrons. The van der Waals surface area contributed by atoms with Gasteiger partial charge in [-0.15, -0.1) is 0 Å². The average molecular weight is 614 g/mol. The Morgan fingerprint density at radius 3 is 2.33 bits per heavy atom. The van der Waals surface area contributed by atoms with Crippen LogP contribution in [0.5, 0.6) is 5.88 Å². The van der Waals surface area contributed by atoms with Crippen LogP contribution in [0.25, 0.3) is 11.1 Å². The molecule has 3 aromatic rings. The van der Waals surface area contributed by atoms with Gasteiger partial charge in [-0.2, -0.15) is 5.10 Å². The van der Waals surface area contributed by atoms with Crippen LogP contribution < -0.4 is 9.64 Å². The predicted octanol–water partition coefficient (Wildman–Crippen LogP) is 7.14. The summed E-state index contributed by atoms with van der Waals surface area (Å²) in [6.07, 6.45) is 17.4. The largest absolute Gasteiger partial charge is 0.481 e. The molecular formula is C36H47N5O4. The van der Waals surface area contributed by atoms with Crippen LogP contribution in [0, 0.1) is 24.2 Å². The molecular weight excluding hydrogens is 566 g/mol. The summed E-state index contributed by atoms with van der Waals surface area (Å²) in [5.74, 6) is 0.818. The van der Waals surface area contributed by atoms with E-state index in [4.69, 9.17) is 9.72 Å². The van der Waals surface area contributed by atoms with E-state index >= 15 is 0 Å². The van der Waals surface area contributed by atoms with Gasteiger partial charge in [0.15, 0.2) is 0 Å². The second kappa shape index (κ2) is 12.6.